The Morgan fingerprint density at radius 1 is 1.20 bits per heavy atom. The predicted molar refractivity (Wildman–Crippen MR) is 87.5 cm³/mol. The third-order valence-electron chi connectivity index (χ3n) is 3.70. The summed E-state index contributed by atoms with van der Waals surface area (Å²) in [5.41, 5.74) is 0.816. The van der Waals surface area contributed by atoms with Crippen molar-refractivity contribution in [2.75, 3.05) is 0 Å². The first-order valence-corrected chi connectivity index (χ1v) is 7.70. The summed E-state index contributed by atoms with van der Waals surface area (Å²) in [6.07, 6.45) is -3.27. The molecule has 25 heavy (non-hydrogen) atoms. The van der Waals surface area contributed by atoms with Crippen molar-refractivity contribution >= 4 is 6.09 Å². The molecule has 2 rings (SSSR count). The molecule has 0 aliphatic rings. The highest BCUT2D eigenvalue weighted by molar-refractivity contribution is 5.64. The second kappa shape index (κ2) is 8.43. The molecule has 1 amide bonds. The van der Waals surface area contributed by atoms with Crippen molar-refractivity contribution in [3.05, 3.63) is 65.7 Å². The van der Waals surface area contributed by atoms with Gasteiger partial charge in [-0.3, -0.25) is 0 Å². The van der Waals surface area contributed by atoms with Crippen LogP contribution in [0.4, 0.5) is 13.6 Å². The van der Waals surface area contributed by atoms with Gasteiger partial charge in [-0.15, -0.1) is 0 Å². The molecule has 0 saturated heterocycles. The van der Waals surface area contributed by atoms with E-state index in [1.165, 1.54) is 6.92 Å². The van der Waals surface area contributed by atoms with Crippen molar-refractivity contribution in [2.45, 2.75) is 31.6 Å². The van der Waals surface area contributed by atoms with Gasteiger partial charge in [0.15, 0.2) is 11.6 Å². The Morgan fingerprint density at radius 3 is 2.48 bits per heavy atom. The number of benzene rings is 2. The molecule has 0 heterocycles. The number of aliphatic hydroxyl groups excluding tert-OH is 1. The number of rotatable bonds is 7. The van der Waals surface area contributed by atoms with Gasteiger partial charge >= 0.3 is 6.09 Å². The molecule has 0 fully saturated rings. The molecule has 3 N–H and O–H groups in total. The molecule has 7 heteroatoms. The largest absolute Gasteiger partial charge is 0.484 e. The third kappa shape index (κ3) is 5.42. The van der Waals surface area contributed by atoms with Gasteiger partial charge in [0.25, 0.3) is 0 Å². The van der Waals surface area contributed by atoms with Crippen molar-refractivity contribution in [3.63, 3.8) is 0 Å². The van der Waals surface area contributed by atoms with E-state index in [4.69, 9.17) is 9.84 Å². The summed E-state index contributed by atoms with van der Waals surface area (Å²) in [5.74, 6) is -1.86. The minimum Gasteiger partial charge on any atom is -0.484 e. The molecule has 0 bridgehead atoms. The Bertz CT molecular complexity index is 711. The summed E-state index contributed by atoms with van der Waals surface area (Å²) in [7, 11) is 0. The van der Waals surface area contributed by atoms with E-state index in [1.54, 1.807) is 24.3 Å². The summed E-state index contributed by atoms with van der Waals surface area (Å²) in [4.78, 5) is 10.8. The van der Waals surface area contributed by atoms with Crippen LogP contribution in [0, 0.1) is 11.6 Å². The van der Waals surface area contributed by atoms with E-state index in [-0.39, 0.29) is 12.2 Å². The highest BCUT2D eigenvalue weighted by Crippen LogP contribution is 2.22. The fraction of sp³-hybridized carbons (Fsp3) is 0.278. The van der Waals surface area contributed by atoms with Crippen LogP contribution < -0.4 is 10.1 Å². The van der Waals surface area contributed by atoms with Gasteiger partial charge in [-0.2, -0.15) is 0 Å². The van der Waals surface area contributed by atoms with Gasteiger partial charge in [0.2, 0.25) is 0 Å². The number of hydrogen-bond acceptors (Lipinski definition) is 3. The summed E-state index contributed by atoms with van der Waals surface area (Å²) in [6.45, 7) is 1.47. The molecule has 0 radical (unpaired) electrons. The lowest BCUT2D eigenvalue weighted by Gasteiger charge is -2.28. The first kappa shape index (κ1) is 18.7. The molecule has 0 aromatic heterocycles. The van der Waals surface area contributed by atoms with Gasteiger partial charge in [0, 0.05) is 12.5 Å². The third-order valence-corrected chi connectivity index (χ3v) is 3.70. The zero-order valence-electron chi connectivity index (χ0n) is 13.5. The molecule has 2 aromatic rings. The molecular formula is C18H19F2NO4. The molecule has 5 nitrogen and oxygen atoms in total. The van der Waals surface area contributed by atoms with Gasteiger partial charge in [0.1, 0.15) is 18.0 Å². The first-order chi connectivity index (χ1) is 11.9. The van der Waals surface area contributed by atoms with E-state index < -0.39 is 36.0 Å². The van der Waals surface area contributed by atoms with E-state index in [0.29, 0.717) is 6.07 Å². The van der Waals surface area contributed by atoms with Gasteiger partial charge in [-0.05, 0) is 24.6 Å². The summed E-state index contributed by atoms with van der Waals surface area (Å²) in [5, 5.41) is 21.4. The van der Waals surface area contributed by atoms with Gasteiger partial charge < -0.3 is 20.3 Å². The summed E-state index contributed by atoms with van der Waals surface area (Å²) >= 11 is 0. The molecule has 134 valence electrons. The van der Waals surface area contributed by atoms with Crippen LogP contribution in [0.15, 0.2) is 48.5 Å². The quantitative estimate of drug-likeness (QED) is 0.717. The fourth-order valence-electron chi connectivity index (χ4n) is 2.41. The summed E-state index contributed by atoms with van der Waals surface area (Å²) in [6, 6.07) is 11.0. The lowest BCUT2D eigenvalue weighted by atomic mass is 9.99. The minimum absolute atomic E-state index is 0.213. The molecule has 0 spiro atoms. The number of halogens is 2. The standard InChI is InChI=1S/C18H19F2NO4/c1-11(21-18(23)24)17(22)16(9-12-5-3-2-4-6-12)25-15-8-7-13(19)10-14(15)20/h2-8,10-11,16-17,21-22H,9H2,1H3,(H,23,24)/t11-,16?,17-/m0/s1. The van der Waals surface area contributed by atoms with Crippen LogP contribution in [0.3, 0.4) is 0 Å². The Kier molecular flexibility index (Phi) is 6.30. The van der Waals surface area contributed by atoms with E-state index in [1.807, 2.05) is 6.07 Å². The Morgan fingerprint density at radius 2 is 1.88 bits per heavy atom. The van der Waals surface area contributed by atoms with E-state index in [2.05, 4.69) is 5.32 Å². The molecule has 0 saturated carbocycles. The van der Waals surface area contributed by atoms with Crippen molar-refractivity contribution in [2.24, 2.45) is 0 Å². The number of hydrogen-bond donors (Lipinski definition) is 3. The summed E-state index contributed by atoms with van der Waals surface area (Å²) < 4.78 is 32.5. The van der Waals surface area contributed by atoms with Crippen LogP contribution in [0.1, 0.15) is 12.5 Å². The zero-order valence-corrected chi connectivity index (χ0v) is 13.5. The van der Waals surface area contributed by atoms with Crippen LogP contribution in [-0.4, -0.2) is 34.6 Å². The lowest BCUT2D eigenvalue weighted by Crippen LogP contribution is -2.49. The maximum absolute atomic E-state index is 13.9. The van der Waals surface area contributed by atoms with Crippen LogP contribution in [0.25, 0.3) is 0 Å². The number of carboxylic acid groups (broad SMARTS) is 1. The van der Waals surface area contributed by atoms with Gasteiger partial charge in [-0.1, -0.05) is 30.3 Å². The minimum atomic E-state index is -1.29. The van der Waals surface area contributed by atoms with Crippen LogP contribution in [0.5, 0.6) is 5.75 Å². The predicted octanol–water partition coefficient (Wildman–Crippen LogP) is 2.97. The Hall–Kier alpha value is -2.67. The van der Waals surface area contributed by atoms with Crippen LogP contribution in [0.2, 0.25) is 0 Å². The highest BCUT2D eigenvalue weighted by Gasteiger charge is 2.28. The fourth-order valence-corrected chi connectivity index (χ4v) is 2.41. The highest BCUT2D eigenvalue weighted by atomic mass is 19.1. The SMILES string of the molecule is C[C@H](NC(=O)O)[C@H](O)C(Cc1ccccc1)Oc1ccc(F)cc1F. The van der Waals surface area contributed by atoms with Gasteiger partial charge in [0.05, 0.1) is 6.04 Å². The average molecular weight is 351 g/mol. The van der Waals surface area contributed by atoms with Crippen LogP contribution in [-0.2, 0) is 6.42 Å². The second-order valence-electron chi connectivity index (χ2n) is 5.65. The van der Waals surface area contributed by atoms with Gasteiger partial charge in [-0.25, -0.2) is 13.6 Å². The van der Waals surface area contributed by atoms with E-state index in [9.17, 15) is 18.7 Å². The van der Waals surface area contributed by atoms with E-state index >= 15 is 0 Å². The Balaban J connectivity index is 2.22. The number of amides is 1. The monoisotopic (exact) mass is 351 g/mol. The average Bonchev–Trinajstić information content (AvgIpc) is 2.56. The molecule has 2 aromatic carbocycles. The number of aliphatic hydroxyl groups is 1. The second-order valence-corrected chi connectivity index (χ2v) is 5.65. The molecular weight excluding hydrogens is 332 g/mol. The Labute approximate surface area is 143 Å². The van der Waals surface area contributed by atoms with Crippen molar-refractivity contribution in [3.8, 4) is 5.75 Å². The normalized spacial score (nSPS) is 14.4. The first-order valence-electron chi connectivity index (χ1n) is 7.70. The van der Waals surface area contributed by atoms with Crippen LogP contribution >= 0.6 is 0 Å². The molecule has 3 atom stereocenters. The molecule has 1 unspecified atom stereocenters. The molecule has 0 aliphatic carbocycles. The maximum Gasteiger partial charge on any atom is 0.404 e. The van der Waals surface area contributed by atoms with Crippen molar-refractivity contribution in [1.82, 2.24) is 5.32 Å². The smallest absolute Gasteiger partial charge is 0.404 e. The molecule has 0 aliphatic heterocycles. The van der Waals surface area contributed by atoms with E-state index in [0.717, 1.165) is 17.7 Å². The van der Waals surface area contributed by atoms with Crippen molar-refractivity contribution < 1.29 is 28.5 Å². The van der Waals surface area contributed by atoms with Crippen molar-refractivity contribution in [1.29, 1.82) is 0 Å². The maximum atomic E-state index is 13.9. The number of carbonyl (C=O) groups is 1. The topological polar surface area (TPSA) is 78.8 Å². The zero-order chi connectivity index (χ0) is 18.4. The number of nitrogens with one attached hydrogen (secondary N) is 1. The number of ether oxygens (including phenoxy) is 1. The lowest BCUT2D eigenvalue weighted by molar-refractivity contribution is 0.0141.